The predicted octanol–water partition coefficient (Wildman–Crippen LogP) is 6.89. The zero-order valence-electron chi connectivity index (χ0n) is 33.9. The second kappa shape index (κ2) is 25.2. The standard InChI is InChI=1S/2C23H32N2O2.2ClH/c2*1-25(2)16-18-11-12-19-7-6-8-21(14-20(19)13-18)24-15-22(26)17-27-23-9-4-3-5-10-23;;/h2*3-5,9-13,21-22,24,26H,6-8,14-17H2,1-2H3;2*1H/t2*21?,22-;;/m00../s1. The normalized spacial score (nSPS) is 17.4. The largest absolute Gasteiger partial charge is 0.491 e. The summed E-state index contributed by atoms with van der Waals surface area (Å²) in [6.45, 7) is 3.69. The Labute approximate surface area is 348 Å². The number of para-hydroxylation sites is 2. The van der Waals surface area contributed by atoms with Gasteiger partial charge in [0.1, 0.15) is 36.9 Å². The van der Waals surface area contributed by atoms with Crippen molar-refractivity contribution in [2.45, 2.75) is 88.7 Å². The first-order valence-corrected chi connectivity index (χ1v) is 19.9. The quantitative estimate of drug-likeness (QED) is 0.0912. The third kappa shape index (κ3) is 16.7. The molecule has 2 aliphatic rings. The van der Waals surface area contributed by atoms with Crippen molar-refractivity contribution in [3.63, 3.8) is 0 Å². The number of benzene rings is 4. The van der Waals surface area contributed by atoms with E-state index in [-0.39, 0.29) is 24.8 Å². The summed E-state index contributed by atoms with van der Waals surface area (Å²) >= 11 is 0. The van der Waals surface area contributed by atoms with E-state index in [0.717, 1.165) is 63.1 Å². The number of hydrogen-bond donors (Lipinski definition) is 4. The third-order valence-electron chi connectivity index (χ3n) is 10.1. The fourth-order valence-electron chi connectivity index (χ4n) is 7.46. The van der Waals surface area contributed by atoms with Crippen molar-refractivity contribution in [3.05, 3.63) is 130 Å². The molecule has 6 rings (SSSR count). The van der Waals surface area contributed by atoms with Crippen LogP contribution in [0.25, 0.3) is 0 Å². The second-order valence-electron chi connectivity index (χ2n) is 15.6. The Bertz CT molecular complexity index is 1540. The summed E-state index contributed by atoms with van der Waals surface area (Å²) in [4.78, 5) is 4.41. The summed E-state index contributed by atoms with van der Waals surface area (Å²) in [7, 11) is 8.42. The molecule has 0 saturated heterocycles. The zero-order valence-corrected chi connectivity index (χ0v) is 35.5. The molecule has 0 aromatic heterocycles. The van der Waals surface area contributed by atoms with E-state index >= 15 is 0 Å². The SMILES string of the molecule is CN(C)Cc1ccc2c(c1)CC(NC[C@H](O)COc1ccccc1)CCC2.CN(C)Cc1ccc2c(c1)CC(NC[C@H](O)COc1ccccc1)CCC2.Cl.Cl. The van der Waals surface area contributed by atoms with Crippen LogP contribution in [0.3, 0.4) is 0 Å². The highest BCUT2D eigenvalue weighted by atomic mass is 35.5. The molecular formula is C46H66Cl2N4O4. The van der Waals surface area contributed by atoms with Gasteiger partial charge in [0.15, 0.2) is 0 Å². The summed E-state index contributed by atoms with van der Waals surface area (Å²) in [5, 5.41) is 27.6. The monoisotopic (exact) mass is 808 g/mol. The topological polar surface area (TPSA) is 89.5 Å². The molecule has 308 valence electrons. The van der Waals surface area contributed by atoms with Gasteiger partial charge in [-0.15, -0.1) is 24.8 Å². The first kappa shape index (κ1) is 47.2. The van der Waals surface area contributed by atoms with Crippen LogP contribution in [0.2, 0.25) is 0 Å². The molecule has 56 heavy (non-hydrogen) atoms. The minimum atomic E-state index is -0.506. The zero-order chi connectivity index (χ0) is 38.1. The van der Waals surface area contributed by atoms with Crippen LogP contribution in [-0.2, 0) is 38.8 Å². The molecule has 0 aliphatic heterocycles. The molecule has 0 amide bonds. The molecule has 2 unspecified atom stereocenters. The van der Waals surface area contributed by atoms with Gasteiger partial charge in [0.05, 0.1) is 0 Å². The van der Waals surface area contributed by atoms with Gasteiger partial charge in [-0.25, -0.2) is 0 Å². The minimum absolute atomic E-state index is 0. The Morgan fingerprint density at radius 3 is 1.34 bits per heavy atom. The number of hydrogen-bond acceptors (Lipinski definition) is 8. The number of nitrogens with zero attached hydrogens (tertiary/aromatic N) is 2. The van der Waals surface area contributed by atoms with Gasteiger partial charge >= 0.3 is 0 Å². The van der Waals surface area contributed by atoms with Gasteiger partial charge in [-0.05, 0) is 137 Å². The molecule has 0 bridgehead atoms. The van der Waals surface area contributed by atoms with Crippen molar-refractivity contribution in [1.82, 2.24) is 20.4 Å². The van der Waals surface area contributed by atoms with Gasteiger partial charge in [0.25, 0.3) is 0 Å². The Hall–Kier alpha value is -3.18. The lowest BCUT2D eigenvalue weighted by atomic mass is 9.98. The van der Waals surface area contributed by atoms with Crippen LogP contribution in [0.15, 0.2) is 97.1 Å². The van der Waals surface area contributed by atoms with Crippen LogP contribution >= 0.6 is 24.8 Å². The number of nitrogens with one attached hydrogen (secondary N) is 2. The van der Waals surface area contributed by atoms with Crippen LogP contribution in [0, 0.1) is 0 Å². The van der Waals surface area contributed by atoms with Crippen LogP contribution in [-0.4, -0.2) is 98.8 Å². The molecule has 4 aromatic carbocycles. The van der Waals surface area contributed by atoms with Gasteiger partial charge in [-0.1, -0.05) is 72.8 Å². The molecular weight excluding hydrogens is 743 g/mol. The summed E-state index contributed by atoms with van der Waals surface area (Å²) in [6.07, 6.45) is 8.01. The second-order valence-corrected chi connectivity index (χ2v) is 15.6. The Balaban J connectivity index is 0.000000290. The van der Waals surface area contributed by atoms with E-state index in [9.17, 15) is 10.2 Å². The average Bonchev–Trinajstić information content (AvgIpc) is 3.50. The van der Waals surface area contributed by atoms with E-state index in [1.165, 1.54) is 46.2 Å². The molecule has 4 N–H and O–H groups in total. The van der Waals surface area contributed by atoms with E-state index in [1.54, 1.807) is 0 Å². The summed E-state index contributed by atoms with van der Waals surface area (Å²) in [5.41, 5.74) is 8.62. The maximum atomic E-state index is 10.3. The minimum Gasteiger partial charge on any atom is -0.491 e. The maximum absolute atomic E-state index is 10.3. The smallest absolute Gasteiger partial charge is 0.119 e. The van der Waals surface area contributed by atoms with Crippen LogP contribution < -0.4 is 20.1 Å². The predicted molar refractivity (Wildman–Crippen MR) is 235 cm³/mol. The number of aryl methyl sites for hydroxylation is 2. The van der Waals surface area contributed by atoms with Crippen LogP contribution in [0.5, 0.6) is 11.5 Å². The number of halogens is 2. The molecule has 10 heteroatoms. The fraction of sp³-hybridized carbons (Fsp3) is 0.478. The number of rotatable bonds is 16. The highest BCUT2D eigenvalue weighted by Crippen LogP contribution is 2.24. The van der Waals surface area contributed by atoms with Crippen LogP contribution in [0.4, 0.5) is 0 Å². The molecule has 0 heterocycles. The van der Waals surface area contributed by atoms with E-state index in [2.05, 4.69) is 85.0 Å². The molecule has 4 atom stereocenters. The maximum Gasteiger partial charge on any atom is 0.119 e. The van der Waals surface area contributed by atoms with Crippen molar-refractivity contribution >= 4 is 24.8 Å². The van der Waals surface area contributed by atoms with Crippen molar-refractivity contribution in [2.75, 3.05) is 54.5 Å². The molecule has 0 spiro atoms. The fourth-order valence-corrected chi connectivity index (χ4v) is 7.46. The van der Waals surface area contributed by atoms with Crippen molar-refractivity contribution in [2.24, 2.45) is 0 Å². The van der Waals surface area contributed by atoms with Crippen molar-refractivity contribution in [1.29, 1.82) is 0 Å². The summed E-state index contributed by atoms with van der Waals surface area (Å²) in [6, 6.07) is 34.0. The molecule has 0 fully saturated rings. The Kier molecular flexibility index (Phi) is 21.3. The first-order chi connectivity index (χ1) is 26.2. The third-order valence-corrected chi connectivity index (χ3v) is 10.1. The summed E-state index contributed by atoms with van der Waals surface area (Å²) in [5.74, 6) is 1.60. The lowest BCUT2D eigenvalue weighted by Gasteiger charge is -2.20. The van der Waals surface area contributed by atoms with Gasteiger partial charge in [-0.3, -0.25) is 0 Å². The van der Waals surface area contributed by atoms with Crippen molar-refractivity contribution in [3.8, 4) is 11.5 Å². The summed E-state index contributed by atoms with van der Waals surface area (Å²) < 4.78 is 11.3. The first-order valence-electron chi connectivity index (χ1n) is 19.9. The molecule has 0 saturated carbocycles. The number of ether oxygens (including phenoxy) is 2. The van der Waals surface area contributed by atoms with E-state index in [0.29, 0.717) is 38.4 Å². The van der Waals surface area contributed by atoms with Crippen LogP contribution in [0.1, 0.15) is 59.1 Å². The number of fused-ring (bicyclic) bond motifs is 2. The highest BCUT2D eigenvalue weighted by Gasteiger charge is 2.20. The number of aliphatic hydroxyl groups is 2. The van der Waals surface area contributed by atoms with E-state index in [1.807, 2.05) is 60.7 Å². The highest BCUT2D eigenvalue weighted by molar-refractivity contribution is 5.85. The Morgan fingerprint density at radius 2 is 0.964 bits per heavy atom. The molecule has 4 aromatic rings. The van der Waals surface area contributed by atoms with E-state index < -0.39 is 12.2 Å². The van der Waals surface area contributed by atoms with Gasteiger partial charge in [0.2, 0.25) is 0 Å². The average molecular weight is 810 g/mol. The Morgan fingerprint density at radius 1 is 0.571 bits per heavy atom. The van der Waals surface area contributed by atoms with Gasteiger partial charge in [-0.2, -0.15) is 0 Å². The molecule has 0 radical (unpaired) electrons. The molecule has 8 nitrogen and oxygen atoms in total. The lowest BCUT2D eigenvalue weighted by Crippen LogP contribution is -2.39. The number of aliphatic hydroxyl groups excluding tert-OH is 2. The van der Waals surface area contributed by atoms with Crippen molar-refractivity contribution < 1.29 is 19.7 Å². The van der Waals surface area contributed by atoms with Gasteiger partial charge in [0, 0.05) is 38.3 Å². The van der Waals surface area contributed by atoms with E-state index in [4.69, 9.17) is 9.47 Å². The molecule has 2 aliphatic carbocycles. The lowest BCUT2D eigenvalue weighted by molar-refractivity contribution is 0.103. The van der Waals surface area contributed by atoms with Gasteiger partial charge < -0.3 is 40.1 Å².